The molecule has 10 nitrogen and oxygen atoms in total. The summed E-state index contributed by atoms with van der Waals surface area (Å²) in [7, 11) is 0. The number of nitrogens with zero attached hydrogens (tertiary/aromatic N) is 3. The molecule has 3 N–H and O–H groups in total. The Kier molecular flexibility index (Phi) is 11.7. The van der Waals surface area contributed by atoms with Crippen molar-refractivity contribution < 1.29 is 19.2 Å². The zero-order valence-electron chi connectivity index (χ0n) is 18.6. The smallest absolute Gasteiger partial charge is 0.341 e. The zero-order chi connectivity index (χ0) is 22.3. The number of aromatic nitrogens is 1. The predicted octanol–water partition coefficient (Wildman–Crippen LogP) is 2.06. The number of amides is 4. The molecule has 1 aromatic rings. The van der Waals surface area contributed by atoms with Gasteiger partial charge in [-0.05, 0) is 45.2 Å². The van der Waals surface area contributed by atoms with Crippen LogP contribution in [0.25, 0.3) is 0 Å². The van der Waals surface area contributed by atoms with Gasteiger partial charge in [-0.15, -0.1) is 0 Å². The molecule has 2 heterocycles. The molecule has 1 fully saturated rings. The van der Waals surface area contributed by atoms with Gasteiger partial charge in [-0.1, -0.05) is 0 Å². The maximum absolute atomic E-state index is 12.4. The van der Waals surface area contributed by atoms with Crippen LogP contribution in [0.1, 0.15) is 33.1 Å². The van der Waals surface area contributed by atoms with E-state index in [0.29, 0.717) is 25.4 Å². The fourth-order valence-corrected chi connectivity index (χ4v) is 3.05. The normalized spacial score (nSPS) is 14.3. The summed E-state index contributed by atoms with van der Waals surface area (Å²) in [6, 6.07) is 2.96. The van der Waals surface area contributed by atoms with Gasteiger partial charge >= 0.3 is 12.1 Å². The van der Waals surface area contributed by atoms with Crippen molar-refractivity contribution in [3.63, 3.8) is 0 Å². The molecule has 0 aliphatic carbocycles. The summed E-state index contributed by atoms with van der Waals surface area (Å²) in [5.41, 5.74) is 0.706. The third-order valence-corrected chi connectivity index (χ3v) is 4.76. The summed E-state index contributed by atoms with van der Waals surface area (Å²) in [6.45, 7) is 9.55. The molecule has 1 aliphatic heterocycles. The van der Waals surface area contributed by atoms with Gasteiger partial charge in [0.2, 0.25) is 0 Å². The van der Waals surface area contributed by atoms with Crippen LogP contribution in [-0.2, 0) is 9.57 Å². The minimum absolute atomic E-state index is 0.0483. The monoisotopic (exact) mass is 436 g/mol. The van der Waals surface area contributed by atoms with Crippen LogP contribution in [0, 0.1) is 0 Å². The van der Waals surface area contributed by atoms with Crippen LogP contribution in [0.4, 0.5) is 15.3 Å². The highest BCUT2D eigenvalue weighted by molar-refractivity contribution is 5.88. The Hall–Kier alpha value is -2.43. The minimum atomic E-state index is -0.235. The molecule has 1 aliphatic rings. The molecular weight excluding hydrogens is 400 g/mol. The highest BCUT2D eigenvalue weighted by Gasteiger charge is 2.18. The Bertz CT molecular complexity index is 640. The lowest BCUT2D eigenvalue weighted by molar-refractivity contribution is -0.142. The number of pyridine rings is 1. The number of rotatable bonds is 12. The lowest BCUT2D eigenvalue weighted by atomic mass is 10.2. The lowest BCUT2D eigenvalue weighted by Crippen LogP contribution is -2.46. The van der Waals surface area contributed by atoms with Crippen molar-refractivity contribution in [3.05, 3.63) is 24.5 Å². The second-order valence-corrected chi connectivity index (χ2v) is 7.62. The van der Waals surface area contributed by atoms with Crippen molar-refractivity contribution in [1.82, 2.24) is 25.6 Å². The molecular formula is C21H36N6O4. The summed E-state index contributed by atoms with van der Waals surface area (Å²) >= 11 is 0. The molecule has 0 unspecified atom stereocenters. The molecule has 31 heavy (non-hydrogen) atoms. The molecule has 10 heteroatoms. The summed E-state index contributed by atoms with van der Waals surface area (Å²) in [6.07, 6.45) is 5.82. The molecule has 0 spiro atoms. The van der Waals surface area contributed by atoms with Crippen molar-refractivity contribution in [2.24, 2.45) is 0 Å². The van der Waals surface area contributed by atoms with E-state index in [9.17, 15) is 9.59 Å². The van der Waals surface area contributed by atoms with Gasteiger partial charge in [-0.2, -0.15) is 0 Å². The number of morpholine rings is 1. The largest absolute Gasteiger partial charge is 0.379 e. The van der Waals surface area contributed by atoms with E-state index < -0.39 is 0 Å². The van der Waals surface area contributed by atoms with Gasteiger partial charge in [0, 0.05) is 50.8 Å². The van der Waals surface area contributed by atoms with Gasteiger partial charge in [0.05, 0.1) is 25.9 Å². The average Bonchev–Trinajstić information content (AvgIpc) is 2.77. The number of hydrogen-bond donors (Lipinski definition) is 3. The Morgan fingerprint density at radius 3 is 2.48 bits per heavy atom. The number of nitrogens with one attached hydrogen (secondary N) is 3. The Labute approximate surface area is 184 Å². The number of hydroxylamine groups is 2. The van der Waals surface area contributed by atoms with Crippen molar-refractivity contribution in [3.8, 4) is 0 Å². The Morgan fingerprint density at radius 1 is 1.13 bits per heavy atom. The first-order chi connectivity index (χ1) is 15.1. The highest BCUT2D eigenvalue weighted by Crippen LogP contribution is 2.04. The van der Waals surface area contributed by atoms with Gasteiger partial charge in [0.15, 0.2) is 0 Å². The van der Waals surface area contributed by atoms with E-state index in [-0.39, 0.29) is 18.1 Å². The molecule has 4 amide bonds. The number of unbranched alkanes of at least 4 members (excludes halogenated alkanes) is 2. The number of ether oxygens (including phenoxy) is 1. The number of urea groups is 2. The van der Waals surface area contributed by atoms with Crippen LogP contribution in [0.15, 0.2) is 24.5 Å². The van der Waals surface area contributed by atoms with Crippen LogP contribution in [-0.4, -0.2) is 85.6 Å². The standard InChI is InChI=1S/C21H36N6O4/c1-18(2)27(31-17-14-26-12-15-30-16-13-26)21(29)24-9-5-3-4-8-23-20(28)25-19-6-10-22-11-7-19/h6-7,10-11,18H,3-5,8-9,12-17H2,1-2H3,(H,24,29)(H2,22,23,25,28). The van der Waals surface area contributed by atoms with Crippen LogP contribution in [0.2, 0.25) is 0 Å². The van der Waals surface area contributed by atoms with Crippen molar-refractivity contribution in [2.45, 2.75) is 39.2 Å². The summed E-state index contributed by atoms with van der Waals surface area (Å²) in [5.74, 6) is 0. The number of hydrogen-bond acceptors (Lipinski definition) is 6. The second-order valence-electron chi connectivity index (χ2n) is 7.62. The maximum Gasteiger partial charge on any atom is 0.341 e. The molecule has 0 bridgehead atoms. The van der Waals surface area contributed by atoms with E-state index in [2.05, 4.69) is 25.8 Å². The van der Waals surface area contributed by atoms with Crippen LogP contribution >= 0.6 is 0 Å². The zero-order valence-corrected chi connectivity index (χ0v) is 18.6. The number of carbonyl (C=O) groups is 2. The molecule has 0 atom stereocenters. The molecule has 0 aromatic carbocycles. The van der Waals surface area contributed by atoms with E-state index in [4.69, 9.17) is 9.57 Å². The van der Waals surface area contributed by atoms with Crippen LogP contribution in [0.5, 0.6) is 0 Å². The fourth-order valence-electron chi connectivity index (χ4n) is 3.05. The first kappa shape index (κ1) is 24.8. The van der Waals surface area contributed by atoms with Crippen LogP contribution < -0.4 is 16.0 Å². The summed E-state index contributed by atoms with van der Waals surface area (Å²) in [5, 5.41) is 9.88. The minimum Gasteiger partial charge on any atom is -0.379 e. The molecule has 1 saturated heterocycles. The fraction of sp³-hybridized carbons (Fsp3) is 0.667. The quantitative estimate of drug-likeness (QED) is 0.342. The van der Waals surface area contributed by atoms with E-state index in [1.165, 1.54) is 5.06 Å². The summed E-state index contributed by atoms with van der Waals surface area (Å²) < 4.78 is 5.34. The average molecular weight is 437 g/mol. The molecule has 174 valence electrons. The third-order valence-electron chi connectivity index (χ3n) is 4.76. The Balaban J connectivity index is 1.51. The molecule has 1 aromatic heterocycles. The molecule has 0 saturated carbocycles. The van der Waals surface area contributed by atoms with E-state index in [1.54, 1.807) is 24.5 Å². The topological polar surface area (TPSA) is 108 Å². The molecule has 2 rings (SSSR count). The SMILES string of the molecule is CC(C)N(OCCN1CCOCC1)C(=O)NCCCCCNC(=O)Nc1ccncc1. The van der Waals surface area contributed by atoms with Crippen molar-refractivity contribution >= 4 is 17.7 Å². The summed E-state index contributed by atoms with van der Waals surface area (Å²) in [4.78, 5) is 36.1. The molecule has 0 radical (unpaired) electrons. The van der Waals surface area contributed by atoms with Gasteiger partial charge in [0.1, 0.15) is 0 Å². The van der Waals surface area contributed by atoms with Gasteiger partial charge in [-0.25, -0.2) is 14.7 Å². The lowest BCUT2D eigenvalue weighted by Gasteiger charge is -2.29. The third kappa shape index (κ3) is 10.4. The van der Waals surface area contributed by atoms with E-state index in [1.807, 2.05) is 13.8 Å². The van der Waals surface area contributed by atoms with Crippen LogP contribution in [0.3, 0.4) is 0 Å². The van der Waals surface area contributed by atoms with Gasteiger partial charge < -0.3 is 20.7 Å². The van der Waals surface area contributed by atoms with Gasteiger partial charge in [0.25, 0.3) is 0 Å². The Morgan fingerprint density at radius 2 is 1.81 bits per heavy atom. The predicted molar refractivity (Wildman–Crippen MR) is 119 cm³/mol. The maximum atomic E-state index is 12.4. The van der Waals surface area contributed by atoms with Gasteiger partial charge in [-0.3, -0.25) is 14.7 Å². The number of carbonyl (C=O) groups excluding carboxylic acids is 2. The second kappa shape index (κ2) is 14.6. The highest BCUT2D eigenvalue weighted by atomic mass is 16.7. The number of anilines is 1. The van der Waals surface area contributed by atoms with E-state index in [0.717, 1.165) is 52.1 Å². The van der Waals surface area contributed by atoms with Crippen molar-refractivity contribution in [2.75, 3.05) is 57.9 Å². The van der Waals surface area contributed by atoms with E-state index >= 15 is 0 Å². The first-order valence-electron chi connectivity index (χ1n) is 11.0. The first-order valence-corrected chi connectivity index (χ1v) is 11.0. The van der Waals surface area contributed by atoms with Crippen molar-refractivity contribution in [1.29, 1.82) is 0 Å².